The average Bonchev–Trinajstić information content (AvgIpc) is 2.63. The molecule has 0 radical (unpaired) electrons. The van der Waals surface area contributed by atoms with Crippen LogP contribution in [0.4, 0.5) is 0 Å². The Labute approximate surface area is 124 Å². The topological polar surface area (TPSA) is 46.3 Å². The molecular formula is C17H32N2O. The molecule has 116 valence electrons. The van der Waals surface area contributed by atoms with Crippen molar-refractivity contribution in [2.75, 3.05) is 13.1 Å². The summed E-state index contributed by atoms with van der Waals surface area (Å²) in [5, 5.41) is 0. The summed E-state index contributed by atoms with van der Waals surface area (Å²) in [6.07, 6.45) is 9.32. The Morgan fingerprint density at radius 3 is 2.70 bits per heavy atom. The molecule has 1 amide bonds. The molecule has 20 heavy (non-hydrogen) atoms. The number of likely N-dealkylation sites (tertiary alicyclic amines) is 1. The molecule has 1 aliphatic heterocycles. The Bertz CT molecular complexity index is 308. The molecule has 0 aromatic heterocycles. The predicted octanol–water partition coefficient (Wildman–Crippen LogP) is 3.18. The largest absolute Gasteiger partial charge is 0.342 e. The summed E-state index contributed by atoms with van der Waals surface area (Å²) in [5.74, 6) is 2.03. The van der Waals surface area contributed by atoms with E-state index in [9.17, 15) is 4.79 Å². The Hall–Kier alpha value is -0.570. The van der Waals surface area contributed by atoms with Crippen molar-refractivity contribution >= 4 is 5.91 Å². The third kappa shape index (κ3) is 4.21. The van der Waals surface area contributed by atoms with E-state index >= 15 is 0 Å². The number of hydrogen-bond donors (Lipinski definition) is 1. The van der Waals surface area contributed by atoms with Crippen molar-refractivity contribution in [2.45, 2.75) is 71.3 Å². The van der Waals surface area contributed by atoms with Crippen molar-refractivity contribution in [3.8, 4) is 0 Å². The zero-order chi connectivity index (χ0) is 14.5. The van der Waals surface area contributed by atoms with E-state index < -0.39 is 0 Å². The van der Waals surface area contributed by atoms with Gasteiger partial charge in [-0.3, -0.25) is 4.79 Å². The highest BCUT2D eigenvalue weighted by Crippen LogP contribution is 2.30. The Kier molecular flexibility index (Phi) is 5.88. The van der Waals surface area contributed by atoms with Gasteiger partial charge in [-0.05, 0) is 50.4 Å². The van der Waals surface area contributed by atoms with Crippen molar-refractivity contribution in [2.24, 2.45) is 23.5 Å². The Morgan fingerprint density at radius 2 is 2.00 bits per heavy atom. The standard InChI is InChI=1S/C17H32N2O/c1-3-5-14-6-4-8-19(9-7-14)17(20)15-10-13(2)11-16(18)12-15/h13-16H,3-12,18H2,1-2H3. The Morgan fingerprint density at radius 1 is 1.20 bits per heavy atom. The van der Waals surface area contributed by atoms with Gasteiger partial charge >= 0.3 is 0 Å². The summed E-state index contributed by atoms with van der Waals surface area (Å²) >= 11 is 0. The summed E-state index contributed by atoms with van der Waals surface area (Å²) in [7, 11) is 0. The van der Waals surface area contributed by atoms with E-state index in [1.807, 2.05) is 0 Å². The van der Waals surface area contributed by atoms with Gasteiger partial charge < -0.3 is 10.6 Å². The molecule has 0 bridgehead atoms. The number of hydrogen-bond acceptors (Lipinski definition) is 2. The van der Waals surface area contributed by atoms with Gasteiger partial charge in [0.05, 0.1) is 0 Å². The normalized spacial score (nSPS) is 35.6. The van der Waals surface area contributed by atoms with Crippen molar-refractivity contribution in [1.82, 2.24) is 4.90 Å². The van der Waals surface area contributed by atoms with Gasteiger partial charge in [-0.15, -0.1) is 0 Å². The number of carbonyl (C=O) groups excluding carboxylic acids is 1. The maximum Gasteiger partial charge on any atom is 0.225 e. The minimum Gasteiger partial charge on any atom is -0.342 e. The number of nitrogens with zero attached hydrogens (tertiary/aromatic N) is 1. The molecule has 0 aromatic rings. The predicted molar refractivity (Wildman–Crippen MR) is 83.3 cm³/mol. The third-order valence-corrected chi connectivity index (χ3v) is 5.18. The van der Waals surface area contributed by atoms with Gasteiger partial charge in [-0.2, -0.15) is 0 Å². The van der Waals surface area contributed by atoms with Crippen molar-refractivity contribution in [1.29, 1.82) is 0 Å². The molecule has 3 heteroatoms. The van der Waals surface area contributed by atoms with Gasteiger partial charge in [0.15, 0.2) is 0 Å². The molecule has 1 aliphatic carbocycles. The van der Waals surface area contributed by atoms with Crippen LogP contribution in [-0.4, -0.2) is 29.9 Å². The molecule has 2 fully saturated rings. The maximum atomic E-state index is 12.7. The highest BCUT2D eigenvalue weighted by molar-refractivity contribution is 5.79. The van der Waals surface area contributed by atoms with Crippen LogP contribution in [0.1, 0.15) is 65.2 Å². The second kappa shape index (κ2) is 7.44. The van der Waals surface area contributed by atoms with Crippen LogP contribution in [0.5, 0.6) is 0 Å². The van der Waals surface area contributed by atoms with Crippen LogP contribution in [0.15, 0.2) is 0 Å². The molecule has 0 spiro atoms. The highest BCUT2D eigenvalue weighted by atomic mass is 16.2. The van der Waals surface area contributed by atoms with E-state index in [4.69, 9.17) is 5.73 Å². The minimum absolute atomic E-state index is 0.191. The molecule has 4 atom stereocenters. The summed E-state index contributed by atoms with van der Waals surface area (Å²) in [4.78, 5) is 14.9. The number of nitrogens with two attached hydrogens (primary N) is 1. The fourth-order valence-corrected chi connectivity index (χ4v) is 4.20. The van der Waals surface area contributed by atoms with Crippen LogP contribution in [0, 0.1) is 17.8 Å². The monoisotopic (exact) mass is 280 g/mol. The van der Waals surface area contributed by atoms with E-state index in [1.165, 1.54) is 32.1 Å². The second-order valence-electron chi connectivity index (χ2n) is 7.18. The van der Waals surface area contributed by atoms with E-state index in [0.29, 0.717) is 11.8 Å². The zero-order valence-corrected chi connectivity index (χ0v) is 13.3. The van der Waals surface area contributed by atoms with Crippen molar-refractivity contribution in [3.05, 3.63) is 0 Å². The van der Waals surface area contributed by atoms with Crippen LogP contribution in [-0.2, 0) is 4.79 Å². The van der Waals surface area contributed by atoms with Gasteiger partial charge in [0.1, 0.15) is 0 Å². The molecule has 1 saturated carbocycles. The van der Waals surface area contributed by atoms with E-state index in [-0.39, 0.29) is 12.0 Å². The third-order valence-electron chi connectivity index (χ3n) is 5.18. The number of carbonyl (C=O) groups is 1. The maximum absolute atomic E-state index is 12.7. The SMILES string of the molecule is CCCC1CCCN(C(=O)C2CC(C)CC(N)C2)CC1. The zero-order valence-electron chi connectivity index (χ0n) is 13.3. The Balaban J connectivity index is 1.88. The van der Waals surface area contributed by atoms with Gasteiger partial charge in [0.25, 0.3) is 0 Å². The number of amides is 1. The van der Waals surface area contributed by atoms with Crippen LogP contribution >= 0.6 is 0 Å². The molecular weight excluding hydrogens is 248 g/mol. The lowest BCUT2D eigenvalue weighted by Crippen LogP contribution is -2.42. The van der Waals surface area contributed by atoms with Gasteiger partial charge in [0, 0.05) is 25.0 Å². The quantitative estimate of drug-likeness (QED) is 0.863. The fourth-order valence-electron chi connectivity index (χ4n) is 4.20. The van der Waals surface area contributed by atoms with E-state index in [2.05, 4.69) is 18.7 Å². The van der Waals surface area contributed by atoms with Crippen LogP contribution in [0.2, 0.25) is 0 Å². The first-order valence-corrected chi connectivity index (χ1v) is 8.64. The van der Waals surface area contributed by atoms with Crippen LogP contribution < -0.4 is 5.73 Å². The minimum atomic E-state index is 0.191. The number of rotatable bonds is 3. The van der Waals surface area contributed by atoms with E-state index in [1.54, 1.807) is 0 Å². The molecule has 0 aromatic carbocycles. The summed E-state index contributed by atoms with van der Waals surface area (Å²) < 4.78 is 0. The molecule has 1 heterocycles. The summed E-state index contributed by atoms with van der Waals surface area (Å²) in [5.41, 5.74) is 6.10. The van der Waals surface area contributed by atoms with E-state index in [0.717, 1.165) is 38.3 Å². The first-order valence-electron chi connectivity index (χ1n) is 8.64. The van der Waals surface area contributed by atoms with Gasteiger partial charge in [-0.25, -0.2) is 0 Å². The van der Waals surface area contributed by atoms with Crippen LogP contribution in [0.25, 0.3) is 0 Å². The lowest BCUT2D eigenvalue weighted by atomic mass is 9.79. The molecule has 3 nitrogen and oxygen atoms in total. The van der Waals surface area contributed by atoms with Gasteiger partial charge in [-0.1, -0.05) is 26.7 Å². The summed E-state index contributed by atoms with van der Waals surface area (Å²) in [6, 6.07) is 0.229. The molecule has 4 unspecified atom stereocenters. The highest BCUT2D eigenvalue weighted by Gasteiger charge is 2.32. The smallest absolute Gasteiger partial charge is 0.225 e. The van der Waals surface area contributed by atoms with Crippen molar-refractivity contribution < 1.29 is 4.79 Å². The summed E-state index contributed by atoms with van der Waals surface area (Å²) in [6.45, 7) is 6.44. The van der Waals surface area contributed by atoms with Crippen LogP contribution in [0.3, 0.4) is 0 Å². The molecule has 2 aliphatic rings. The lowest BCUT2D eigenvalue weighted by Gasteiger charge is -2.34. The first kappa shape index (κ1) is 15.8. The molecule has 2 rings (SSSR count). The average molecular weight is 280 g/mol. The first-order chi connectivity index (χ1) is 9.60. The fraction of sp³-hybridized carbons (Fsp3) is 0.941. The molecule has 2 N–H and O–H groups in total. The van der Waals surface area contributed by atoms with Crippen molar-refractivity contribution in [3.63, 3.8) is 0 Å². The molecule has 1 saturated heterocycles. The van der Waals surface area contributed by atoms with Gasteiger partial charge in [0.2, 0.25) is 5.91 Å². The second-order valence-corrected chi connectivity index (χ2v) is 7.18. The lowest BCUT2D eigenvalue weighted by molar-refractivity contribution is -0.137.